The Labute approximate surface area is 154 Å². The molecule has 138 valence electrons. The van der Waals surface area contributed by atoms with E-state index < -0.39 is 6.23 Å². The first kappa shape index (κ1) is 17.1. The molecule has 4 rings (SSSR count). The monoisotopic (exact) mass is 353 g/mol. The standard InChI is InChI=1S/C20H27N5O/c1-13(2)14-8-19-17(9-20(22)26-19)25(11-14)18-10-23-6-5-16(18)24-7-3-4-15(21)12-24/h5-6,8-11,13,15,20H,3-4,7,12,21-22H2,1-2H3/t15-,20?/m1/s1. The quantitative estimate of drug-likeness (QED) is 0.869. The number of nitrogens with zero attached hydrogens (tertiary/aromatic N) is 3. The minimum Gasteiger partial charge on any atom is -0.470 e. The van der Waals surface area contributed by atoms with E-state index in [1.54, 1.807) is 0 Å². The minimum absolute atomic E-state index is 0.214. The van der Waals surface area contributed by atoms with Crippen LogP contribution < -0.4 is 21.3 Å². The highest BCUT2D eigenvalue weighted by molar-refractivity contribution is 5.76. The summed E-state index contributed by atoms with van der Waals surface area (Å²) < 4.78 is 5.81. The van der Waals surface area contributed by atoms with Crippen LogP contribution in [0, 0.1) is 5.92 Å². The Morgan fingerprint density at radius 1 is 1.27 bits per heavy atom. The van der Waals surface area contributed by atoms with Crippen LogP contribution >= 0.6 is 0 Å². The van der Waals surface area contributed by atoms with Gasteiger partial charge in [-0.2, -0.15) is 0 Å². The summed E-state index contributed by atoms with van der Waals surface area (Å²) in [6, 6.07) is 2.29. The molecule has 0 amide bonds. The van der Waals surface area contributed by atoms with Gasteiger partial charge in [0.2, 0.25) is 0 Å². The zero-order valence-corrected chi connectivity index (χ0v) is 15.4. The molecule has 4 heterocycles. The van der Waals surface area contributed by atoms with Crippen LogP contribution in [0.25, 0.3) is 0 Å². The van der Waals surface area contributed by atoms with Crippen LogP contribution in [0.3, 0.4) is 0 Å². The molecule has 26 heavy (non-hydrogen) atoms. The Morgan fingerprint density at radius 3 is 2.88 bits per heavy atom. The van der Waals surface area contributed by atoms with E-state index >= 15 is 0 Å². The first-order valence-corrected chi connectivity index (χ1v) is 9.34. The second kappa shape index (κ2) is 6.78. The van der Waals surface area contributed by atoms with Gasteiger partial charge in [0, 0.05) is 31.5 Å². The van der Waals surface area contributed by atoms with Crippen molar-refractivity contribution in [3.8, 4) is 0 Å². The third kappa shape index (κ3) is 3.10. The number of nitrogens with two attached hydrogens (primary N) is 2. The SMILES string of the molecule is CC(C)C1=CN(c2cnccc2N2CCC[C@@H](N)C2)C2=CC(N)OC2=C1. The molecule has 0 aromatic carbocycles. The molecule has 0 radical (unpaired) electrons. The molecule has 1 saturated heterocycles. The zero-order valence-electron chi connectivity index (χ0n) is 15.4. The molecule has 1 aromatic rings. The van der Waals surface area contributed by atoms with Crippen molar-refractivity contribution in [2.24, 2.45) is 17.4 Å². The van der Waals surface area contributed by atoms with Crippen molar-refractivity contribution >= 4 is 11.4 Å². The molecule has 0 aliphatic carbocycles. The molecule has 0 bridgehead atoms. The van der Waals surface area contributed by atoms with Crippen LogP contribution in [0.15, 0.2) is 53.8 Å². The fourth-order valence-corrected chi connectivity index (χ4v) is 3.77. The van der Waals surface area contributed by atoms with E-state index in [1.165, 1.54) is 5.57 Å². The second-order valence-corrected chi connectivity index (χ2v) is 7.51. The fourth-order valence-electron chi connectivity index (χ4n) is 3.77. The van der Waals surface area contributed by atoms with Gasteiger partial charge in [0.15, 0.2) is 6.23 Å². The number of ether oxygens (including phenoxy) is 1. The van der Waals surface area contributed by atoms with Crippen molar-refractivity contribution in [2.45, 2.75) is 39.0 Å². The van der Waals surface area contributed by atoms with Crippen molar-refractivity contribution in [3.63, 3.8) is 0 Å². The van der Waals surface area contributed by atoms with Crippen LogP contribution in [0.5, 0.6) is 0 Å². The number of allylic oxidation sites excluding steroid dienone is 2. The van der Waals surface area contributed by atoms with Crippen LogP contribution in [0.2, 0.25) is 0 Å². The molecule has 1 unspecified atom stereocenters. The lowest BCUT2D eigenvalue weighted by Crippen LogP contribution is -2.43. The van der Waals surface area contributed by atoms with E-state index in [0.717, 1.165) is 48.8 Å². The van der Waals surface area contributed by atoms with Gasteiger partial charge in [-0.1, -0.05) is 13.8 Å². The highest BCUT2D eigenvalue weighted by Gasteiger charge is 2.31. The average Bonchev–Trinajstić information content (AvgIpc) is 3.01. The maximum Gasteiger partial charge on any atom is 0.169 e. The number of hydrogen-bond donors (Lipinski definition) is 2. The molecule has 3 aliphatic rings. The van der Waals surface area contributed by atoms with Gasteiger partial charge in [-0.05, 0) is 42.6 Å². The first-order chi connectivity index (χ1) is 12.5. The molecular formula is C20H27N5O. The molecule has 4 N–H and O–H groups in total. The third-order valence-corrected chi connectivity index (χ3v) is 5.18. The van der Waals surface area contributed by atoms with Crippen molar-refractivity contribution in [1.82, 2.24) is 4.98 Å². The van der Waals surface area contributed by atoms with Gasteiger partial charge < -0.3 is 20.3 Å². The van der Waals surface area contributed by atoms with Gasteiger partial charge in [0.25, 0.3) is 0 Å². The number of hydrogen-bond acceptors (Lipinski definition) is 6. The summed E-state index contributed by atoms with van der Waals surface area (Å²) >= 11 is 0. The van der Waals surface area contributed by atoms with Crippen molar-refractivity contribution < 1.29 is 4.74 Å². The van der Waals surface area contributed by atoms with Crippen molar-refractivity contribution in [3.05, 3.63) is 53.8 Å². The Hall–Kier alpha value is -2.31. The average molecular weight is 353 g/mol. The lowest BCUT2D eigenvalue weighted by atomic mass is 9.99. The lowest BCUT2D eigenvalue weighted by Gasteiger charge is -2.36. The summed E-state index contributed by atoms with van der Waals surface area (Å²) in [6.07, 6.45) is 11.8. The van der Waals surface area contributed by atoms with Crippen molar-refractivity contribution in [1.29, 1.82) is 0 Å². The van der Waals surface area contributed by atoms with Gasteiger partial charge >= 0.3 is 0 Å². The minimum atomic E-state index is -0.415. The molecule has 1 aromatic heterocycles. The molecule has 1 fully saturated rings. The van der Waals surface area contributed by atoms with Crippen molar-refractivity contribution in [2.75, 3.05) is 22.9 Å². The lowest BCUT2D eigenvalue weighted by molar-refractivity contribution is 0.185. The molecule has 3 aliphatic heterocycles. The summed E-state index contributed by atoms with van der Waals surface area (Å²) in [5, 5.41) is 0. The molecule has 6 nitrogen and oxygen atoms in total. The first-order valence-electron chi connectivity index (χ1n) is 9.34. The Morgan fingerprint density at radius 2 is 2.12 bits per heavy atom. The summed E-state index contributed by atoms with van der Waals surface area (Å²) in [6.45, 7) is 6.23. The van der Waals surface area contributed by atoms with Gasteiger partial charge in [-0.15, -0.1) is 0 Å². The van der Waals surface area contributed by atoms with Crippen LogP contribution in [-0.4, -0.2) is 30.3 Å². The van der Waals surface area contributed by atoms with Crippen LogP contribution in [0.4, 0.5) is 11.4 Å². The van der Waals surface area contributed by atoms with Crippen LogP contribution in [-0.2, 0) is 4.74 Å². The van der Waals surface area contributed by atoms with E-state index in [2.05, 4.69) is 47.0 Å². The molecular weight excluding hydrogens is 326 g/mol. The largest absolute Gasteiger partial charge is 0.470 e. The number of piperidine rings is 1. The zero-order chi connectivity index (χ0) is 18.3. The topological polar surface area (TPSA) is 80.6 Å². The molecule has 0 saturated carbocycles. The third-order valence-electron chi connectivity index (χ3n) is 5.18. The Kier molecular flexibility index (Phi) is 4.46. The smallest absolute Gasteiger partial charge is 0.169 e. The van der Waals surface area contributed by atoms with Gasteiger partial charge in [-0.25, -0.2) is 0 Å². The van der Waals surface area contributed by atoms with E-state index in [4.69, 9.17) is 16.2 Å². The van der Waals surface area contributed by atoms with Gasteiger partial charge in [-0.3, -0.25) is 10.7 Å². The van der Waals surface area contributed by atoms with E-state index in [-0.39, 0.29) is 6.04 Å². The highest BCUT2D eigenvalue weighted by Crippen LogP contribution is 2.40. The Bertz CT molecular complexity index is 782. The number of fused-ring (bicyclic) bond motifs is 1. The predicted molar refractivity (Wildman–Crippen MR) is 104 cm³/mol. The second-order valence-electron chi connectivity index (χ2n) is 7.51. The maximum atomic E-state index is 6.22. The summed E-state index contributed by atoms with van der Waals surface area (Å²) in [5.41, 5.74) is 16.6. The number of anilines is 2. The normalized spacial score (nSPS) is 25.5. The molecule has 0 spiro atoms. The summed E-state index contributed by atoms with van der Waals surface area (Å²) in [4.78, 5) is 8.92. The van der Waals surface area contributed by atoms with Crippen LogP contribution in [0.1, 0.15) is 26.7 Å². The van der Waals surface area contributed by atoms with E-state index in [9.17, 15) is 0 Å². The summed E-state index contributed by atoms with van der Waals surface area (Å²) in [7, 11) is 0. The fraction of sp³-hybridized carbons (Fsp3) is 0.450. The van der Waals surface area contributed by atoms with Gasteiger partial charge in [0.1, 0.15) is 5.76 Å². The maximum absolute atomic E-state index is 6.22. The van der Waals surface area contributed by atoms with Gasteiger partial charge in [0.05, 0.1) is 23.3 Å². The molecule has 2 atom stereocenters. The van der Waals surface area contributed by atoms with E-state index in [1.807, 2.05) is 18.5 Å². The number of pyridine rings is 1. The Balaban J connectivity index is 1.77. The summed E-state index contributed by atoms with van der Waals surface area (Å²) in [5.74, 6) is 1.21. The van der Waals surface area contributed by atoms with E-state index in [0.29, 0.717) is 5.92 Å². The number of aromatic nitrogens is 1. The highest BCUT2D eigenvalue weighted by atomic mass is 16.5. The number of rotatable bonds is 3. The predicted octanol–water partition coefficient (Wildman–Crippen LogP) is 2.45. The molecule has 6 heteroatoms.